The van der Waals surface area contributed by atoms with Gasteiger partial charge in [0.1, 0.15) is 6.26 Å². The topological polar surface area (TPSA) is 32.9 Å². The molecule has 1 unspecified atom stereocenters. The second-order valence-electron chi connectivity index (χ2n) is 1.43. The first-order chi connectivity index (χ1) is 3.70. The summed E-state index contributed by atoms with van der Waals surface area (Å²) in [6, 6.07) is 1.41. The van der Waals surface area contributed by atoms with E-state index in [1.165, 1.54) is 6.07 Å². The minimum absolute atomic E-state index is 0.0826. The Morgan fingerprint density at radius 3 is 2.62 bits per heavy atom. The van der Waals surface area contributed by atoms with Crippen LogP contribution in [-0.4, -0.2) is 4.37 Å². The van der Waals surface area contributed by atoms with E-state index in [1.54, 1.807) is 0 Å². The van der Waals surface area contributed by atoms with Gasteiger partial charge in [0, 0.05) is 0 Å². The van der Waals surface area contributed by atoms with Crippen LogP contribution in [-0.2, 0) is 6.26 Å². The minimum atomic E-state index is -0.221. The predicted molar refractivity (Wildman–Crippen MR) is 35.5 cm³/mol. The Labute approximate surface area is 54.2 Å². The molecule has 4 heteroatoms. The summed E-state index contributed by atoms with van der Waals surface area (Å²) in [7, 11) is -0.221. The van der Waals surface area contributed by atoms with Gasteiger partial charge in [-0.25, -0.2) is 0 Å². The third-order valence-corrected chi connectivity index (χ3v) is 2.80. The average Bonchev–Trinajstić information content (AvgIpc) is 1.85. The van der Waals surface area contributed by atoms with E-state index < -0.39 is 0 Å². The Kier molecular flexibility index (Phi) is 1.40. The standard InChI is InChI=1S/C4H4ClNOS/c1-8-3(5)2-4(7)6-8/h2H,1H3/p+1. The first-order valence-electron chi connectivity index (χ1n) is 2.04. The van der Waals surface area contributed by atoms with Crippen molar-refractivity contribution in [2.45, 2.75) is 0 Å². The van der Waals surface area contributed by atoms with Crippen molar-refractivity contribution in [1.82, 2.24) is 4.37 Å². The Morgan fingerprint density at radius 2 is 2.50 bits per heavy atom. The number of aromatic amines is 1. The highest BCUT2D eigenvalue weighted by molar-refractivity contribution is 7.27. The van der Waals surface area contributed by atoms with Crippen LogP contribution >= 0.6 is 22.3 Å². The molecule has 1 heterocycles. The second kappa shape index (κ2) is 1.91. The van der Waals surface area contributed by atoms with Crippen LogP contribution in [0.25, 0.3) is 0 Å². The fourth-order valence-corrected chi connectivity index (χ4v) is 1.38. The fraction of sp³-hybridized carbons (Fsp3) is 0.250. The van der Waals surface area contributed by atoms with Gasteiger partial charge in [-0.3, -0.25) is 4.79 Å². The molecule has 0 spiro atoms. The molecule has 1 rings (SSSR count). The van der Waals surface area contributed by atoms with E-state index >= 15 is 0 Å². The Hall–Kier alpha value is -0.280. The van der Waals surface area contributed by atoms with Gasteiger partial charge in [-0.05, 0) is 11.6 Å². The van der Waals surface area contributed by atoms with Gasteiger partial charge in [0.2, 0.25) is 0 Å². The highest BCUT2D eigenvalue weighted by atomic mass is 35.5. The summed E-state index contributed by atoms with van der Waals surface area (Å²) in [6.07, 6.45) is 1.86. The van der Waals surface area contributed by atoms with Crippen LogP contribution < -0.4 is 5.56 Å². The second-order valence-corrected chi connectivity index (χ2v) is 3.72. The molecule has 1 aromatic heterocycles. The van der Waals surface area contributed by atoms with E-state index in [9.17, 15) is 4.79 Å². The molecule has 0 aliphatic rings. The van der Waals surface area contributed by atoms with E-state index in [0.717, 1.165) is 0 Å². The zero-order valence-electron chi connectivity index (χ0n) is 4.27. The number of aromatic nitrogens is 1. The molecular weight excluding hydrogens is 146 g/mol. The van der Waals surface area contributed by atoms with Crippen molar-refractivity contribution in [3.8, 4) is 0 Å². The van der Waals surface area contributed by atoms with Gasteiger partial charge < -0.3 is 0 Å². The smallest absolute Gasteiger partial charge is 0.265 e. The predicted octanol–water partition coefficient (Wildman–Crippen LogP) is 1.31. The van der Waals surface area contributed by atoms with Gasteiger partial charge in [-0.2, -0.15) is 4.37 Å². The maximum absolute atomic E-state index is 10.4. The lowest BCUT2D eigenvalue weighted by Gasteiger charge is -1.65. The quantitative estimate of drug-likeness (QED) is 0.556. The molecule has 0 fully saturated rings. The molecule has 2 nitrogen and oxygen atoms in total. The van der Waals surface area contributed by atoms with Gasteiger partial charge >= 0.3 is 0 Å². The molecule has 0 radical (unpaired) electrons. The molecule has 0 aromatic carbocycles. The van der Waals surface area contributed by atoms with Gasteiger partial charge in [0.15, 0.2) is 0 Å². The van der Waals surface area contributed by atoms with Crippen molar-refractivity contribution >= 4 is 22.3 Å². The van der Waals surface area contributed by atoms with E-state index in [0.29, 0.717) is 4.34 Å². The van der Waals surface area contributed by atoms with E-state index in [4.69, 9.17) is 11.6 Å². The van der Waals surface area contributed by atoms with Crippen LogP contribution in [0.1, 0.15) is 0 Å². The average molecular weight is 151 g/mol. The van der Waals surface area contributed by atoms with Crippen molar-refractivity contribution < 1.29 is 0 Å². The zero-order chi connectivity index (χ0) is 6.15. The maximum Gasteiger partial charge on any atom is 0.294 e. The number of hydrogen-bond acceptors (Lipinski definition) is 1. The van der Waals surface area contributed by atoms with Gasteiger partial charge in [0.25, 0.3) is 9.90 Å². The summed E-state index contributed by atoms with van der Waals surface area (Å²) in [6.45, 7) is 0. The molecule has 0 saturated carbocycles. The Bertz CT molecular complexity index is 216. The third kappa shape index (κ3) is 0.928. The van der Waals surface area contributed by atoms with Gasteiger partial charge in [0.05, 0.1) is 16.7 Å². The summed E-state index contributed by atoms with van der Waals surface area (Å²) in [5, 5.41) is 0. The van der Waals surface area contributed by atoms with Crippen molar-refractivity contribution in [2.75, 3.05) is 0 Å². The van der Waals surface area contributed by atoms with Crippen LogP contribution in [0.3, 0.4) is 0 Å². The molecule has 1 atom stereocenters. The Morgan fingerprint density at radius 1 is 1.88 bits per heavy atom. The SMILES string of the molecule is C[s+]1[nH]c(=O)cc1Cl. The molecular formula is C4H5ClNOS+. The number of halogens is 1. The highest BCUT2D eigenvalue weighted by Gasteiger charge is 2.05. The largest absolute Gasteiger partial charge is 0.294 e. The van der Waals surface area contributed by atoms with Crippen LogP contribution in [0.5, 0.6) is 0 Å². The molecule has 1 N–H and O–H groups in total. The van der Waals surface area contributed by atoms with E-state index in [-0.39, 0.29) is 16.2 Å². The van der Waals surface area contributed by atoms with Crippen molar-refractivity contribution in [3.05, 3.63) is 20.8 Å². The van der Waals surface area contributed by atoms with Gasteiger partial charge in [-0.1, -0.05) is 0 Å². The van der Waals surface area contributed by atoms with Crippen LogP contribution in [0.2, 0.25) is 4.34 Å². The third-order valence-electron chi connectivity index (χ3n) is 0.791. The highest BCUT2D eigenvalue weighted by Crippen LogP contribution is 2.18. The lowest BCUT2D eigenvalue weighted by molar-refractivity contribution is 1.42. The molecule has 0 aliphatic heterocycles. The Balaban J connectivity index is 3.35. The van der Waals surface area contributed by atoms with Gasteiger partial charge in [-0.15, -0.1) is 0 Å². The number of nitrogens with one attached hydrogen (secondary N) is 1. The maximum atomic E-state index is 10.4. The summed E-state index contributed by atoms with van der Waals surface area (Å²) >= 11 is 5.55. The monoisotopic (exact) mass is 150 g/mol. The van der Waals surface area contributed by atoms with Crippen LogP contribution in [0.4, 0.5) is 0 Å². The number of rotatable bonds is 0. The summed E-state index contributed by atoms with van der Waals surface area (Å²) < 4.78 is 3.25. The first kappa shape index (κ1) is 5.85. The lowest BCUT2D eigenvalue weighted by atomic mass is 10.8. The summed E-state index contributed by atoms with van der Waals surface area (Å²) in [5.74, 6) is 0. The zero-order valence-corrected chi connectivity index (χ0v) is 5.84. The van der Waals surface area contributed by atoms with E-state index in [1.807, 2.05) is 6.26 Å². The number of aryl methyl sites for hydroxylation is 1. The van der Waals surface area contributed by atoms with E-state index in [2.05, 4.69) is 4.37 Å². The summed E-state index contributed by atoms with van der Waals surface area (Å²) in [4.78, 5) is 10.4. The lowest BCUT2D eigenvalue weighted by Crippen LogP contribution is -1.92. The molecule has 1 aromatic rings. The van der Waals surface area contributed by atoms with Crippen LogP contribution in [0.15, 0.2) is 10.9 Å². The minimum Gasteiger partial charge on any atom is -0.265 e. The molecule has 0 amide bonds. The first-order valence-corrected chi connectivity index (χ1v) is 4.05. The number of H-pyrrole nitrogens is 1. The molecule has 0 saturated heterocycles. The van der Waals surface area contributed by atoms with Crippen molar-refractivity contribution in [2.24, 2.45) is 6.26 Å². The molecule has 8 heavy (non-hydrogen) atoms. The summed E-state index contributed by atoms with van der Waals surface area (Å²) in [5.41, 5.74) is -0.0826. The van der Waals surface area contributed by atoms with Crippen LogP contribution in [0, 0.1) is 0 Å². The molecule has 44 valence electrons. The molecule has 0 bridgehead atoms. The van der Waals surface area contributed by atoms with Crippen molar-refractivity contribution in [3.63, 3.8) is 0 Å². The normalized spacial score (nSPS) is 12.0. The fourth-order valence-electron chi connectivity index (χ4n) is 0.421. The molecule has 0 aliphatic carbocycles. The number of hydrogen-bond donors (Lipinski definition) is 1. The van der Waals surface area contributed by atoms with Crippen molar-refractivity contribution in [1.29, 1.82) is 0 Å².